The van der Waals surface area contributed by atoms with Crippen LogP contribution in [0.25, 0.3) is 0 Å². The zero-order valence-electron chi connectivity index (χ0n) is 11.3. The van der Waals surface area contributed by atoms with Crippen molar-refractivity contribution in [2.45, 2.75) is 26.8 Å². The van der Waals surface area contributed by atoms with Crippen molar-refractivity contribution in [1.82, 2.24) is 14.8 Å². The Balaban J connectivity index is 2.17. The lowest BCUT2D eigenvalue weighted by molar-refractivity contribution is 0.0988. The second kappa shape index (κ2) is 6.26. The Labute approximate surface area is 125 Å². The molecule has 0 aliphatic rings. The van der Waals surface area contributed by atoms with Crippen LogP contribution in [0.2, 0.25) is 0 Å². The van der Waals surface area contributed by atoms with E-state index in [1.807, 2.05) is 0 Å². The van der Waals surface area contributed by atoms with Gasteiger partial charge in [0.25, 0.3) is 0 Å². The number of aromatic nitrogens is 3. The summed E-state index contributed by atoms with van der Waals surface area (Å²) in [7, 11) is 0. The van der Waals surface area contributed by atoms with Crippen LogP contribution in [0.5, 0.6) is 0 Å². The van der Waals surface area contributed by atoms with Crippen LogP contribution in [0.15, 0.2) is 29.0 Å². The number of ketones is 1. The molecule has 0 saturated heterocycles. The summed E-state index contributed by atoms with van der Waals surface area (Å²) in [6, 6.07) is 4.04. The van der Waals surface area contributed by atoms with E-state index >= 15 is 0 Å². The van der Waals surface area contributed by atoms with Crippen LogP contribution >= 0.6 is 15.9 Å². The molecule has 0 aliphatic carbocycles. The maximum Gasteiger partial charge on any atom is 0.171 e. The predicted molar refractivity (Wildman–Crippen MR) is 77.0 cm³/mol. The summed E-state index contributed by atoms with van der Waals surface area (Å²) in [5, 5.41) is 4.12. The van der Waals surface area contributed by atoms with Crippen molar-refractivity contribution in [2.75, 3.05) is 0 Å². The third-order valence-corrected chi connectivity index (χ3v) is 3.44. The second-order valence-electron chi connectivity index (χ2n) is 4.98. The van der Waals surface area contributed by atoms with Gasteiger partial charge in [-0.15, -0.1) is 0 Å². The number of halogens is 2. The van der Waals surface area contributed by atoms with Gasteiger partial charge in [-0.05, 0) is 40.0 Å². The molecule has 1 heterocycles. The third-order valence-electron chi connectivity index (χ3n) is 2.78. The molecule has 4 nitrogen and oxygen atoms in total. The van der Waals surface area contributed by atoms with Crippen LogP contribution in [0.4, 0.5) is 4.39 Å². The zero-order valence-corrected chi connectivity index (χ0v) is 12.9. The number of rotatable bonds is 5. The van der Waals surface area contributed by atoms with Crippen molar-refractivity contribution in [3.8, 4) is 0 Å². The van der Waals surface area contributed by atoms with Gasteiger partial charge in [0.2, 0.25) is 0 Å². The first-order chi connectivity index (χ1) is 9.47. The minimum Gasteiger partial charge on any atom is -0.294 e. The molecule has 0 bridgehead atoms. The Morgan fingerprint density at radius 1 is 1.45 bits per heavy atom. The number of carbonyl (C=O) groups is 1. The Morgan fingerprint density at radius 3 is 2.85 bits per heavy atom. The van der Waals surface area contributed by atoms with Crippen molar-refractivity contribution in [3.63, 3.8) is 0 Å². The van der Waals surface area contributed by atoms with Crippen molar-refractivity contribution in [3.05, 3.63) is 46.2 Å². The summed E-state index contributed by atoms with van der Waals surface area (Å²) in [5.74, 6) is 0.550. The molecule has 0 atom stereocenters. The molecule has 20 heavy (non-hydrogen) atoms. The topological polar surface area (TPSA) is 47.8 Å². The van der Waals surface area contributed by atoms with Crippen molar-refractivity contribution in [2.24, 2.45) is 5.92 Å². The molecule has 1 aromatic heterocycles. The van der Waals surface area contributed by atoms with Crippen LogP contribution in [0.1, 0.15) is 30.0 Å². The fourth-order valence-electron chi connectivity index (χ4n) is 1.88. The van der Waals surface area contributed by atoms with E-state index in [4.69, 9.17) is 0 Å². The standard InChI is InChI=1S/C14H15BrFN3O/c1-9(2)7-19-14(17-8-18-19)6-13(20)11-4-3-10(16)5-12(11)15/h3-5,8-9H,6-7H2,1-2H3. The molecule has 0 amide bonds. The SMILES string of the molecule is CC(C)Cn1ncnc1CC(=O)c1ccc(F)cc1Br. The minimum atomic E-state index is -0.378. The van der Waals surface area contributed by atoms with Crippen molar-refractivity contribution >= 4 is 21.7 Å². The Bertz CT molecular complexity index is 625. The highest BCUT2D eigenvalue weighted by molar-refractivity contribution is 9.10. The lowest BCUT2D eigenvalue weighted by Gasteiger charge is -2.08. The van der Waals surface area contributed by atoms with E-state index in [0.717, 1.165) is 0 Å². The van der Waals surface area contributed by atoms with E-state index in [0.29, 0.717) is 28.3 Å². The normalized spacial score (nSPS) is 11.1. The smallest absolute Gasteiger partial charge is 0.171 e. The van der Waals surface area contributed by atoms with Crippen LogP contribution in [0.3, 0.4) is 0 Å². The highest BCUT2D eigenvalue weighted by Gasteiger charge is 2.15. The van der Waals surface area contributed by atoms with E-state index in [1.165, 1.54) is 24.5 Å². The molecule has 6 heteroatoms. The first kappa shape index (κ1) is 14.8. The molecule has 2 rings (SSSR count). The molecule has 0 saturated carbocycles. The first-order valence-corrected chi connectivity index (χ1v) is 7.11. The molecule has 0 N–H and O–H groups in total. The number of hydrogen-bond acceptors (Lipinski definition) is 3. The van der Waals surface area contributed by atoms with Crippen LogP contribution < -0.4 is 0 Å². The zero-order chi connectivity index (χ0) is 14.7. The van der Waals surface area contributed by atoms with E-state index in [1.54, 1.807) is 4.68 Å². The second-order valence-corrected chi connectivity index (χ2v) is 5.83. The summed E-state index contributed by atoms with van der Waals surface area (Å²) in [4.78, 5) is 16.4. The molecule has 0 radical (unpaired) electrons. The fourth-order valence-corrected chi connectivity index (χ4v) is 2.45. The van der Waals surface area contributed by atoms with Gasteiger partial charge in [-0.2, -0.15) is 5.10 Å². The summed E-state index contributed by atoms with van der Waals surface area (Å²) >= 11 is 3.21. The molecule has 0 aliphatic heterocycles. The highest BCUT2D eigenvalue weighted by atomic mass is 79.9. The largest absolute Gasteiger partial charge is 0.294 e. The molecule has 106 valence electrons. The Kier molecular flexibility index (Phi) is 4.65. The summed E-state index contributed by atoms with van der Waals surface area (Å²) in [6.45, 7) is 4.86. The van der Waals surface area contributed by atoms with Gasteiger partial charge in [-0.1, -0.05) is 13.8 Å². The average molecular weight is 340 g/mol. The molecule has 1 aromatic carbocycles. The van der Waals surface area contributed by atoms with Gasteiger partial charge in [-0.3, -0.25) is 4.79 Å². The van der Waals surface area contributed by atoms with E-state index in [2.05, 4.69) is 39.9 Å². The van der Waals surface area contributed by atoms with Crippen LogP contribution in [-0.2, 0) is 13.0 Å². The van der Waals surface area contributed by atoms with Gasteiger partial charge in [-0.25, -0.2) is 14.1 Å². The van der Waals surface area contributed by atoms with E-state index in [-0.39, 0.29) is 18.0 Å². The molecular weight excluding hydrogens is 325 g/mol. The number of nitrogens with zero attached hydrogens (tertiary/aromatic N) is 3. The summed E-state index contributed by atoms with van der Waals surface area (Å²) in [5.41, 5.74) is 0.450. The molecule has 2 aromatic rings. The molecular formula is C14H15BrFN3O. The highest BCUT2D eigenvalue weighted by Crippen LogP contribution is 2.19. The Morgan fingerprint density at radius 2 is 2.20 bits per heavy atom. The molecule has 0 fully saturated rings. The van der Waals surface area contributed by atoms with E-state index in [9.17, 15) is 9.18 Å². The van der Waals surface area contributed by atoms with Crippen molar-refractivity contribution < 1.29 is 9.18 Å². The number of Topliss-reactive ketones (excluding diaryl/α,β-unsaturated/α-hetero) is 1. The van der Waals surface area contributed by atoms with Gasteiger partial charge in [0, 0.05) is 16.6 Å². The minimum absolute atomic E-state index is 0.116. The monoisotopic (exact) mass is 339 g/mol. The van der Waals surface area contributed by atoms with Crippen molar-refractivity contribution in [1.29, 1.82) is 0 Å². The van der Waals surface area contributed by atoms with Gasteiger partial charge in [0.15, 0.2) is 5.78 Å². The fraction of sp³-hybridized carbons (Fsp3) is 0.357. The number of carbonyl (C=O) groups excluding carboxylic acids is 1. The molecule has 0 spiro atoms. The summed E-state index contributed by atoms with van der Waals surface area (Å²) in [6.07, 6.45) is 1.60. The lowest BCUT2D eigenvalue weighted by atomic mass is 10.1. The van der Waals surface area contributed by atoms with Gasteiger partial charge in [0.1, 0.15) is 18.0 Å². The number of hydrogen-bond donors (Lipinski definition) is 0. The summed E-state index contributed by atoms with van der Waals surface area (Å²) < 4.78 is 15.2. The van der Waals surface area contributed by atoms with Gasteiger partial charge >= 0.3 is 0 Å². The molecule has 0 unspecified atom stereocenters. The van der Waals surface area contributed by atoms with Gasteiger partial charge < -0.3 is 0 Å². The maximum absolute atomic E-state index is 13.0. The van der Waals surface area contributed by atoms with Gasteiger partial charge in [0.05, 0.1) is 6.42 Å². The predicted octanol–water partition coefficient (Wildman–Crippen LogP) is 3.26. The maximum atomic E-state index is 13.0. The average Bonchev–Trinajstić information content (AvgIpc) is 2.75. The van der Waals surface area contributed by atoms with E-state index < -0.39 is 0 Å². The lowest BCUT2D eigenvalue weighted by Crippen LogP contribution is -2.14. The number of benzene rings is 1. The van der Waals surface area contributed by atoms with Crippen LogP contribution in [-0.4, -0.2) is 20.5 Å². The third kappa shape index (κ3) is 3.50. The first-order valence-electron chi connectivity index (χ1n) is 6.32. The van der Waals surface area contributed by atoms with Crippen LogP contribution in [0, 0.1) is 11.7 Å². The Hall–Kier alpha value is -1.56. The quantitative estimate of drug-likeness (QED) is 0.785.